The second-order valence-electron chi connectivity index (χ2n) is 4.55. The fraction of sp³-hybridized carbons (Fsp3) is 0.267. The highest BCUT2D eigenvalue weighted by molar-refractivity contribution is 7.99. The van der Waals surface area contributed by atoms with Crippen LogP contribution in [0.2, 0.25) is 0 Å². The molecule has 1 heterocycles. The summed E-state index contributed by atoms with van der Waals surface area (Å²) in [5.74, 6) is -1.16. The van der Waals surface area contributed by atoms with Crippen molar-refractivity contribution in [2.24, 2.45) is 5.73 Å². The zero-order valence-corrected chi connectivity index (χ0v) is 12.0. The molecule has 0 aliphatic rings. The highest BCUT2D eigenvalue weighted by atomic mass is 32.2. The van der Waals surface area contributed by atoms with Gasteiger partial charge in [-0.25, -0.2) is 13.8 Å². The molecule has 1 aromatic heterocycles. The molecule has 0 fully saturated rings. The molecular weight excluding hydrogens is 278 g/mol. The van der Waals surface area contributed by atoms with Gasteiger partial charge in [0.15, 0.2) is 0 Å². The Morgan fingerprint density at radius 3 is 2.65 bits per heavy atom. The third-order valence-corrected chi connectivity index (χ3v) is 3.93. The van der Waals surface area contributed by atoms with Crippen LogP contribution in [0.3, 0.4) is 0 Å². The van der Waals surface area contributed by atoms with Crippen molar-refractivity contribution in [3.63, 3.8) is 0 Å². The highest BCUT2D eigenvalue weighted by Crippen LogP contribution is 2.28. The Morgan fingerprint density at radius 2 is 2.05 bits per heavy atom. The van der Waals surface area contributed by atoms with Gasteiger partial charge in [0.1, 0.15) is 16.7 Å². The van der Waals surface area contributed by atoms with Gasteiger partial charge in [0, 0.05) is 23.2 Å². The van der Waals surface area contributed by atoms with Gasteiger partial charge < -0.3 is 5.73 Å². The number of hydrogen-bond acceptors (Lipinski definition) is 3. The van der Waals surface area contributed by atoms with Crippen molar-refractivity contribution >= 4 is 11.8 Å². The summed E-state index contributed by atoms with van der Waals surface area (Å²) in [7, 11) is 0. The molecular formula is C15H16F2N2S. The van der Waals surface area contributed by atoms with E-state index in [0.717, 1.165) is 24.5 Å². The molecule has 20 heavy (non-hydrogen) atoms. The second-order valence-corrected chi connectivity index (χ2v) is 5.62. The van der Waals surface area contributed by atoms with Crippen LogP contribution in [0.5, 0.6) is 0 Å². The summed E-state index contributed by atoms with van der Waals surface area (Å²) in [5.41, 5.74) is 6.94. The Morgan fingerprint density at radius 1 is 1.25 bits per heavy atom. The van der Waals surface area contributed by atoms with E-state index in [9.17, 15) is 8.78 Å². The first-order valence-corrected chi connectivity index (χ1v) is 7.23. The van der Waals surface area contributed by atoms with Crippen LogP contribution in [0.25, 0.3) is 0 Å². The van der Waals surface area contributed by atoms with Gasteiger partial charge in [-0.05, 0) is 36.6 Å². The monoisotopic (exact) mass is 294 g/mol. The molecule has 0 spiro atoms. The van der Waals surface area contributed by atoms with Crippen LogP contribution in [-0.2, 0) is 6.42 Å². The topological polar surface area (TPSA) is 38.9 Å². The molecule has 0 radical (unpaired) electrons. The Bertz CT molecular complexity index is 573. The third-order valence-electron chi connectivity index (χ3n) is 2.93. The number of aromatic nitrogens is 1. The molecule has 1 unspecified atom stereocenters. The van der Waals surface area contributed by atoms with Crippen molar-refractivity contribution < 1.29 is 8.78 Å². The van der Waals surface area contributed by atoms with E-state index in [-0.39, 0.29) is 6.04 Å². The van der Waals surface area contributed by atoms with Crippen LogP contribution < -0.4 is 5.73 Å². The molecule has 1 atom stereocenters. The van der Waals surface area contributed by atoms with Crippen molar-refractivity contribution in [2.75, 3.05) is 0 Å². The van der Waals surface area contributed by atoms with Crippen molar-refractivity contribution in [1.29, 1.82) is 0 Å². The zero-order chi connectivity index (χ0) is 14.5. The number of benzene rings is 1. The minimum Gasteiger partial charge on any atom is -0.327 e. The number of hydrogen-bond donors (Lipinski definition) is 1. The lowest BCUT2D eigenvalue weighted by molar-refractivity contribution is 0.565. The Kier molecular flexibility index (Phi) is 5.09. The fourth-order valence-corrected chi connectivity index (χ4v) is 2.47. The first kappa shape index (κ1) is 14.9. The van der Waals surface area contributed by atoms with Gasteiger partial charge in [0.25, 0.3) is 0 Å². The van der Waals surface area contributed by atoms with Crippen LogP contribution in [0, 0.1) is 11.6 Å². The van der Waals surface area contributed by atoms with Gasteiger partial charge in [-0.1, -0.05) is 24.8 Å². The van der Waals surface area contributed by atoms with Gasteiger partial charge >= 0.3 is 0 Å². The normalized spacial score (nSPS) is 12.4. The molecule has 0 saturated heterocycles. The summed E-state index contributed by atoms with van der Waals surface area (Å²) in [6.45, 7) is 2.04. The summed E-state index contributed by atoms with van der Waals surface area (Å²) < 4.78 is 26.3. The lowest BCUT2D eigenvalue weighted by Gasteiger charge is -2.08. The largest absolute Gasteiger partial charge is 0.327 e. The van der Waals surface area contributed by atoms with E-state index < -0.39 is 11.6 Å². The van der Waals surface area contributed by atoms with E-state index in [0.29, 0.717) is 9.92 Å². The van der Waals surface area contributed by atoms with Crippen LogP contribution in [0.15, 0.2) is 46.5 Å². The van der Waals surface area contributed by atoms with Crippen molar-refractivity contribution in [2.45, 2.75) is 35.7 Å². The average Bonchev–Trinajstić information content (AvgIpc) is 2.44. The summed E-state index contributed by atoms with van der Waals surface area (Å²) in [5, 5.41) is 0.671. The molecule has 0 aliphatic carbocycles. The molecule has 106 valence electrons. The Balaban J connectivity index is 2.07. The molecule has 0 saturated carbocycles. The van der Waals surface area contributed by atoms with E-state index in [2.05, 4.69) is 4.98 Å². The number of halogens is 2. The summed E-state index contributed by atoms with van der Waals surface area (Å²) in [6.07, 6.45) is 3.44. The van der Waals surface area contributed by atoms with Gasteiger partial charge in [0.05, 0.1) is 0 Å². The van der Waals surface area contributed by atoms with Gasteiger partial charge in [-0.15, -0.1) is 0 Å². The fourth-order valence-electron chi connectivity index (χ4n) is 1.71. The number of nitrogens with two attached hydrogens (primary N) is 1. The maximum Gasteiger partial charge on any atom is 0.140 e. The van der Waals surface area contributed by atoms with Gasteiger partial charge in [0.2, 0.25) is 0 Å². The van der Waals surface area contributed by atoms with E-state index >= 15 is 0 Å². The van der Waals surface area contributed by atoms with Gasteiger partial charge in [-0.2, -0.15) is 0 Å². The third kappa shape index (κ3) is 4.02. The molecule has 2 nitrogen and oxygen atoms in total. The number of rotatable bonds is 5. The van der Waals surface area contributed by atoms with Crippen molar-refractivity contribution in [3.8, 4) is 0 Å². The zero-order valence-electron chi connectivity index (χ0n) is 11.1. The maximum absolute atomic E-state index is 13.5. The molecule has 5 heteroatoms. The molecule has 0 aliphatic heterocycles. The molecule has 0 amide bonds. The predicted octanol–water partition coefficient (Wildman–Crippen LogP) is 3.79. The average molecular weight is 294 g/mol. The Hall–Kier alpha value is -1.46. The lowest BCUT2D eigenvalue weighted by Crippen LogP contribution is -2.21. The van der Waals surface area contributed by atoms with Crippen molar-refractivity contribution in [1.82, 2.24) is 4.98 Å². The summed E-state index contributed by atoms with van der Waals surface area (Å²) in [4.78, 5) is 4.63. The minimum atomic E-state index is -0.580. The van der Waals surface area contributed by atoms with E-state index in [1.54, 1.807) is 6.20 Å². The van der Waals surface area contributed by atoms with Crippen LogP contribution in [0.1, 0.15) is 18.9 Å². The summed E-state index contributed by atoms with van der Waals surface area (Å²) >= 11 is 1.17. The van der Waals surface area contributed by atoms with Gasteiger partial charge in [-0.3, -0.25) is 0 Å². The molecule has 2 N–H and O–H groups in total. The first-order valence-electron chi connectivity index (χ1n) is 6.42. The predicted molar refractivity (Wildman–Crippen MR) is 76.7 cm³/mol. The maximum atomic E-state index is 13.5. The molecule has 2 rings (SSSR count). The first-order chi connectivity index (χ1) is 9.58. The minimum absolute atomic E-state index is 0.129. The van der Waals surface area contributed by atoms with Crippen LogP contribution >= 0.6 is 11.8 Å². The number of pyridine rings is 1. The SMILES string of the molecule is CCC(N)Cc1ccc(Sc2ccc(F)cc2F)nc1. The lowest BCUT2D eigenvalue weighted by atomic mass is 10.1. The summed E-state index contributed by atoms with van der Waals surface area (Å²) in [6, 6.07) is 7.41. The van der Waals surface area contributed by atoms with E-state index in [1.807, 2.05) is 19.1 Å². The molecule has 0 bridgehead atoms. The standard InChI is InChI=1S/C15H16F2N2S/c1-2-12(18)7-10-3-6-15(19-9-10)20-14-5-4-11(16)8-13(14)17/h3-6,8-9,12H,2,7,18H2,1H3. The van der Waals surface area contributed by atoms with E-state index in [1.165, 1.54) is 23.9 Å². The van der Waals surface area contributed by atoms with E-state index in [4.69, 9.17) is 5.73 Å². The van der Waals surface area contributed by atoms with Crippen LogP contribution in [-0.4, -0.2) is 11.0 Å². The quantitative estimate of drug-likeness (QED) is 0.912. The smallest absolute Gasteiger partial charge is 0.140 e. The molecule has 2 aromatic rings. The van der Waals surface area contributed by atoms with Crippen LogP contribution in [0.4, 0.5) is 8.78 Å². The highest BCUT2D eigenvalue weighted by Gasteiger charge is 2.07. The number of nitrogens with zero attached hydrogens (tertiary/aromatic N) is 1. The second kappa shape index (κ2) is 6.81. The molecule has 1 aromatic carbocycles. The Labute approximate surface area is 121 Å². The van der Waals surface area contributed by atoms with Crippen molar-refractivity contribution in [3.05, 3.63) is 53.7 Å².